The van der Waals surface area contributed by atoms with Gasteiger partial charge in [-0.3, -0.25) is 0 Å². The summed E-state index contributed by atoms with van der Waals surface area (Å²) >= 11 is 1.98. The standard InChI is InChI=1S/C15H33NS/c1-3-5-7-9-10-12-14-17-15(16)13-11-8-6-4-2/h15H,3-14,16H2,1-2H3. The summed E-state index contributed by atoms with van der Waals surface area (Å²) in [5, 5.41) is 0.391. The number of hydrogen-bond acceptors (Lipinski definition) is 2. The normalized spacial score (nSPS) is 12.9. The van der Waals surface area contributed by atoms with Crippen LogP contribution in [-0.2, 0) is 0 Å². The quantitative estimate of drug-likeness (QED) is 0.357. The van der Waals surface area contributed by atoms with Crippen LogP contribution in [0.25, 0.3) is 0 Å². The fourth-order valence-corrected chi connectivity index (χ4v) is 2.98. The minimum Gasteiger partial charge on any atom is -0.319 e. The van der Waals surface area contributed by atoms with Crippen molar-refractivity contribution in [3.8, 4) is 0 Å². The van der Waals surface area contributed by atoms with E-state index in [-0.39, 0.29) is 0 Å². The third-order valence-electron chi connectivity index (χ3n) is 3.17. The van der Waals surface area contributed by atoms with Crippen molar-refractivity contribution in [2.75, 3.05) is 5.75 Å². The fraction of sp³-hybridized carbons (Fsp3) is 1.00. The first-order valence-electron chi connectivity index (χ1n) is 7.68. The topological polar surface area (TPSA) is 26.0 Å². The third-order valence-corrected chi connectivity index (χ3v) is 4.36. The molecule has 0 aliphatic heterocycles. The molecule has 0 radical (unpaired) electrons. The molecule has 0 rings (SSSR count). The van der Waals surface area contributed by atoms with E-state index in [4.69, 9.17) is 5.73 Å². The Morgan fingerprint density at radius 1 is 0.765 bits per heavy atom. The Morgan fingerprint density at radius 3 is 1.94 bits per heavy atom. The maximum atomic E-state index is 6.08. The molecule has 0 aliphatic rings. The maximum absolute atomic E-state index is 6.08. The third kappa shape index (κ3) is 14.2. The SMILES string of the molecule is CCCCCCCCSC(N)CCCCCC. The molecule has 2 N–H and O–H groups in total. The minimum absolute atomic E-state index is 0.391. The van der Waals surface area contributed by atoms with E-state index < -0.39 is 0 Å². The smallest absolute Gasteiger partial charge is 0.0507 e. The summed E-state index contributed by atoms with van der Waals surface area (Å²) < 4.78 is 0. The molecule has 0 aliphatic carbocycles. The molecule has 0 saturated heterocycles. The van der Waals surface area contributed by atoms with Crippen LogP contribution in [0.3, 0.4) is 0 Å². The highest BCUT2D eigenvalue weighted by atomic mass is 32.2. The van der Waals surface area contributed by atoms with Crippen molar-refractivity contribution in [3.05, 3.63) is 0 Å². The summed E-state index contributed by atoms with van der Waals surface area (Å²) in [6.07, 6.45) is 14.9. The molecule has 0 aromatic heterocycles. The zero-order chi connectivity index (χ0) is 12.8. The van der Waals surface area contributed by atoms with E-state index in [1.165, 1.54) is 76.4 Å². The highest BCUT2D eigenvalue weighted by molar-refractivity contribution is 7.99. The molecule has 1 atom stereocenters. The van der Waals surface area contributed by atoms with Gasteiger partial charge in [0, 0.05) is 0 Å². The summed E-state index contributed by atoms with van der Waals surface area (Å²) in [6.45, 7) is 4.53. The van der Waals surface area contributed by atoms with Crippen LogP contribution in [0.1, 0.15) is 84.5 Å². The lowest BCUT2D eigenvalue weighted by molar-refractivity contribution is 0.619. The van der Waals surface area contributed by atoms with Crippen molar-refractivity contribution in [2.45, 2.75) is 89.9 Å². The first-order chi connectivity index (χ1) is 8.31. The number of unbranched alkanes of at least 4 members (excludes halogenated alkanes) is 8. The molecule has 0 fully saturated rings. The molecule has 0 saturated carbocycles. The number of rotatable bonds is 13. The summed E-state index contributed by atoms with van der Waals surface area (Å²) in [7, 11) is 0. The van der Waals surface area contributed by atoms with Crippen LogP contribution < -0.4 is 5.73 Å². The second-order valence-corrected chi connectivity index (χ2v) is 6.37. The maximum Gasteiger partial charge on any atom is 0.0507 e. The van der Waals surface area contributed by atoms with Crippen LogP contribution in [0.4, 0.5) is 0 Å². The van der Waals surface area contributed by atoms with Gasteiger partial charge in [0.15, 0.2) is 0 Å². The van der Waals surface area contributed by atoms with Crippen molar-refractivity contribution in [1.82, 2.24) is 0 Å². The van der Waals surface area contributed by atoms with Gasteiger partial charge >= 0.3 is 0 Å². The Morgan fingerprint density at radius 2 is 1.29 bits per heavy atom. The second kappa shape index (κ2) is 14.4. The van der Waals surface area contributed by atoms with Crippen LogP contribution in [0, 0.1) is 0 Å². The molecule has 0 heterocycles. The van der Waals surface area contributed by atoms with Crippen LogP contribution >= 0.6 is 11.8 Å². The molecule has 17 heavy (non-hydrogen) atoms. The summed E-state index contributed by atoms with van der Waals surface area (Å²) in [6, 6.07) is 0. The Labute approximate surface area is 113 Å². The monoisotopic (exact) mass is 259 g/mol. The van der Waals surface area contributed by atoms with Crippen LogP contribution in [0.5, 0.6) is 0 Å². The molecule has 2 heteroatoms. The van der Waals surface area contributed by atoms with Gasteiger partial charge in [0.25, 0.3) is 0 Å². The van der Waals surface area contributed by atoms with Gasteiger partial charge in [0.1, 0.15) is 0 Å². The molecule has 1 unspecified atom stereocenters. The van der Waals surface area contributed by atoms with Crippen molar-refractivity contribution >= 4 is 11.8 Å². The first kappa shape index (κ1) is 17.3. The largest absolute Gasteiger partial charge is 0.319 e. The predicted octanol–water partition coefficient (Wildman–Crippen LogP) is 5.34. The predicted molar refractivity (Wildman–Crippen MR) is 82.6 cm³/mol. The fourth-order valence-electron chi connectivity index (χ4n) is 1.97. The van der Waals surface area contributed by atoms with E-state index in [1.807, 2.05) is 11.8 Å². The summed E-state index contributed by atoms with van der Waals surface area (Å²) in [5.41, 5.74) is 6.08. The molecule has 0 aromatic carbocycles. The number of thioether (sulfide) groups is 1. The Balaban J connectivity index is 3.08. The van der Waals surface area contributed by atoms with Crippen molar-refractivity contribution in [2.24, 2.45) is 5.73 Å². The van der Waals surface area contributed by atoms with E-state index in [2.05, 4.69) is 13.8 Å². The van der Waals surface area contributed by atoms with Crippen LogP contribution in [0.2, 0.25) is 0 Å². The molecule has 1 nitrogen and oxygen atoms in total. The number of hydrogen-bond donors (Lipinski definition) is 1. The number of nitrogens with two attached hydrogens (primary N) is 1. The lowest BCUT2D eigenvalue weighted by Crippen LogP contribution is -2.15. The first-order valence-corrected chi connectivity index (χ1v) is 8.73. The molecule has 0 aromatic rings. The molecule has 0 spiro atoms. The van der Waals surface area contributed by atoms with Gasteiger partial charge in [-0.2, -0.15) is 0 Å². The van der Waals surface area contributed by atoms with E-state index >= 15 is 0 Å². The molecule has 0 bridgehead atoms. The Bertz CT molecular complexity index is 139. The Kier molecular flexibility index (Phi) is 14.6. The van der Waals surface area contributed by atoms with Crippen LogP contribution in [-0.4, -0.2) is 11.1 Å². The van der Waals surface area contributed by atoms with Crippen molar-refractivity contribution in [3.63, 3.8) is 0 Å². The molecule has 104 valence electrons. The minimum atomic E-state index is 0.391. The average Bonchev–Trinajstić information content (AvgIpc) is 2.33. The molecular formula is C15H33NS. The van der Waals surface area contributed by atoms with E-state index in [1.54, 1.807) is 0 Å². The van der Waals surface area contributed by atoms with Gasteiger partial charge in [0.2, 0.25) is 0 Å². The second-order valence-electron chi connectivity index (χ2n) is 5.03. The van der Waals surface area contributed by atoms with Crippen molar-refractivity contribution < 1.29 is 0 Å². The van der Waals surface area contributed by atoms with Gasteiger partial charge in [0.05, 0.1) is 5.37 Å². The van der Waals surface area contributed by atoms with Crippen LogP contribution in [0.15, 0.2) is 0 Å². The highest BCUT2D eigenvalue weighted by Crippen LogP contribution is 2.16. The highest BCUT2D eigenvalue weighted by Gasteiger charge is 2.02. The van der Waals surface area contributed by atoms with Gasteiger partial charge in [-0.05, 0) is 18.6 Å². The van der Waals surface area contributed by atoms with Gasteiger partial charge < -0.3 is 5.73 Å². The van der Waals surface area contributed by atoms with E-state index in [9.17, 15) is 0 Å². The Hall–Kier alpha value is 0.310. The van der Waals surface area contributed by atoms with Gasteiger partial charge in [-0.15, -0.1) is 11.8 Å². The molecule has 0 amide bonds. The van der Waals surface area contributed by atoms with Crippen molar-refractivity contribution in [1.29, 1.82) is 0 Å². The lowest BCUT2D eigenvalue weighted by Gasteiger charge is -2.10. The zero-order valence-electron chi connectivity index (χ0n) is 12.0. The summed E-state index contributed by atoms with van der Waals surface area (Å²) in [4.78, 5) is 0. The lowest BCUT2D eigenvalue weighted by atomic mass is 10.1. The summed E-state index contributed by atoms with van der Waals surface area (Å²) in [5.74, 6) is 1.26. The van der Waals surface area contributed by atoms with E-state index in [0.717, 1.165) is 0 Å². The van der Waals surface area contributed by atoms with E-state index in [0.29, 0.717) is 5.37 Å². The average molecular weight is 260 g/mol. The van der Waals surface area contributed by atoms with Gasteiger partial charge in [-0.1, -0.05) is 71.6 Å². The zero-order valence-corrected chi connectivity index (χ0v) is 12.9. The van der Waals surface area contributed by atoms with Gasteiger partial charge in [-0.25, -0.2) is 0 Å². The molecular weight excluding hydrogens is 226 g/mol.